The van der Waals surface area contributed by atoms with E-state index >= 15 is 0 Å². The van der Waals surface area contributed by atoms with Gasteiger partial charge in [0, 0.05) is 13.1 Å². The summed E-state index contributed by atoms with van der Waals surface area (Å²) >= 11 is 0. The first kappa shape index (κ1) is 15.2. The number of ether oxygens (including phenoxy) is 1. The second kappa shape index (κ2) is 7.02. The molecule has 0 saturated carbocycles. The Hall–Kier alpha value is -2.17. The number of para-hydroxylation sites is 1. The van der Waals surface area contributed by atoms with Crippen molar-refractivity contribution in [1.29, 1.82) is 0 Å². The van der Waals surface area contributed by atoms with Crippen molar-refractivity contribution in [2.45, 2.75) is 33.2 Å². The molecule has 1 aromatic heterocycles. The summed E-state index contributed by atoms with van der Waals surface area (Å²) in [6, 6.07) is 8.07. The Morgan fingerprint density at radius 2 is 2.10 bits per heavy atom. The topological polar surface area (TPSA) is 65.1 Å². The van der Waals surface area contributed by atoms with Gasteiger partial charge in [-0.3, -0.25) is 0 Å². The first-order chi connectivity index (χ1) is 10.2. The number of hydrogen-bond donors (Lipinski definition) is 2. The van der Waals surface area contributed by atoms with Crippen molar-refractivity contribution in [2.24, 2.45) is 0 Å². The minimum Gasteiger partial charge on any atom is -0.496 e. The summed E-state index contributed by atoms with van der Waals surface area (Å²) in [6.07, 6.45) is 1.90. The third-order valence-corrected chi connectivity index (χ3v) is 3.49. The number of nitrogens with zero attached hydrogens (tertiary/aromatic N) is 2. The molecule has 0 unspecified atom stereocenters. The van der Waals surface area contributed by atoms with E-state index in [9.17, 15) is 0 Å². The molecule has 2 rings (SSSR count). The number of nitrogens with two attached hydrogens (primary N) is 1. The van der Waals surface area contributed by atoms with E-state index in [1.807, 2.05) is 29.8 Å². The van der Waals surface area contributed by atoms with Gasteiger partial charge in [0.25, 0.3) is 0 Å². The lowest BCUT2D eigenvalue weighted by Crippen LogP contribution is -2.12. The molecular formula is C16H24N4O. The molecule has 0 aliphatic carbocycles. The van der Waals surface area contributed by atoms with Crippen LogP contribution in [0, 0.1) is 6.92 Å². The predicted molar refractivity (Wildman–Crippen MR) is 86.9 cm³/mol. The normalized spacial score (nSPS) is 10.6. The summed E-state index contributed by atoms with van der Waals surface area (Å²) in [4.78, 5) is 0. The number of nitrogen functional groups attached to an aromatic ring is 1. The van der Waals surface area contributed by atoms with Gasteiger partial charge in [0.05, 0.1) is 18.5 Å². The molecule has 0 saturated heterocycles. The van der Waals surface area contributed by atoms with Crippen molar-refractivity contribution in [3.05, 3.63) is 35.5 Å². The molecule has 5 heteroatoms. The summed E-state index contributed by atoms with van der Waals surface area (Å²) in [6.45, 7) is 5.73. The molecule has 0 spiro atoms. The monoisotopic (exact) mass is 288 g/mol. The van der Waals surface area contributed by atoms with E-state index in [0.717, 1.165) is 48.9 Å². The van der Waals surface area contributed by atoms with E-state index < -0.39 is 0 Å². The van der Waals surface area contributed by atoms with Crippen molar-refractivity contribution in [1.82, 2.24) is 9.78 Å². The fraction of sp³-hybridized carbons (Fsp3) is 0.438. The first-order valence-electron chi connectivity index (χ1n) is 7.36. The zero-order valence-electron chi connectivity index (χ0n) is 13.0. The van der Waals surface area contributed by atoms with Crippen LogP contribution in [0.2, 0.25) is 0 Å². The first-order valence-corrected chi connectivity index (χ1v) is 7.36. The van der Waals surface area contributed by atoms with Crippen molar-refractivity contribution in [2.75, 3.05) is 24.7 Å². The molecule has 114 valence electrons. The van der Waals surface area contributed by atoms with Crippen LogP contribution in [0.4, 0.5) is 11.5 Å². The quantitative estimate of drug-likeness (QED) is 0.822. The second-order valence-corrected chi connectivity index (χ2v) is 5.06. The van der Waals surface area contributed by atoms with Gasteiger partial charge in [-0.05, 0) is 31.4 Å². The van der Waals surface area contributed by atoms with Gasteiger partial charge in [0.2, 0.25) is 0 Å². The lowest BCUT2D eigenvalue weighted by molar-refractivity contribution is 0.410. The number of aromatic nitrogens is 2. The number of benzene rings is 1. The summed E-state index contributed by atoms with van der Waals surface area (Å²) in [5.74, 6) is 1.84. The maximum Gasteiger partial charge on any atom is 0.148 e. The number of methoxy groups -OCH3 is 1. The Morgan fingerprint density at radius 1 is 1.33 bits per heavy atom. The van der Waals surface area contributed by atoms with Crippen LogP contribution in [-0.4, -0.2) is 23.4 Å². The predicted octanol–water partition coefficient (Wildman–Crippen LogP) is 2.85. The Bertz CT molecular complexity index is 592. The lowest BCUT2D eigenvalue weighted by atomic mass is 10.1. The molecule has 0 aliphatic heterocycles. The van der Waals surface area contributed by atoms with E-state index in [0.29, 0.717) is 0 Å². The van der Waals surface area contributed by atoms with E-state index in [1.54, 1.807) is 7.11 Å². The number of nitrogens with one attached hydrogen (secondary N) is 1. The highest BCUT2D eigenvalue weighted by Gasteiger charge is 2.11. The molecule has 0 atom stereocenters. The largest absolute Gasteiger partial charge is 0.496 e. The maximum atomic E-state index is 6.10. The van der Waals surface area contributed by atoms with Crippen molar-refractivity contribution in [3.63, 3.8) is 0 Å². The molecule has 21 heavy (non-hydrogen) atoms. The van der Waals surface area contributed by atoms with Gasteiger partial charge >= 0.3 is 0 Å². The molecule has 0 bridgehead atoms. The van der Waals surface area contributed by atoms with Crippen LogP contribution in [0.5, 0.6) is 5.75 Å². The van der Waals surface area contributed by atoms with E-state index in [1.165, 1.54) is 5.56 Å². The van der Waals surface area contributed by atoms with Gasteiger partial charge in [0.15, 0.2) is 0 Å². The van der Waals surface area contributed by atoms with Crippen LogP contribution < -0.4 is 15.8 Å². The molecule has 5 nitrogen and oxygen atoms in total. The lowest BCUT2D eigenvalue weighted by Gasteiger charge is -2.12. The highest BCUT2D eigenvalue weighted by atomic mass is 16.5. The molecule has 1 aromatic carbocycles. The standard InChI is InChI=1S/C16H24N4O/c1-4-11-20-16(15(17)12(2)19-20)18-10-9-13-7-5-6-8-14(13)21-3/h5-8,18H,4,9-11,17H2,1-3H3. The maximum absolute atomic E-state index is 6.10. The van der Waals surface area contributed by atoms with Crippen LogP contribution in [0.25, 0.3) is 0 Å². The summed E-state index contributed by atoms with van der Waals surface area (Å²) in [5.41, 5.74) is 8.90. The molecule has 0 radical (unpaired) electrons. The van der Waals surface area contributed by atoms with Crippen LogP contribution in [0.3, 0.4) is 0 Å². The number of hydrogen-bond acceptors (Lipinski definition) is 4. The Kier molecular flexibility index (Phi) is 5.09. The van der Waals surface area contributed by atoms with Gasteiger partial charge < -0.3 is 15.8 Å². The van der Waals surface area contributed by atoms with Crippen LogP contribution >= 0.6 is 0 Å². The van der Waals surface area contributed by atoms with E-state index in [4.69, 9.17) is 10.5 Å². The van der Waals surface area contributed by atoms with Gasteiger partial charge in [-0.1, -0.05) is 25.1 Å². The molecule has 0 aliphatic rings. The number of rotatable bonds is 7. The highest BCUT2D eigenvalue weighted by molar-refractivity contribution is 5.64. The van der Waals surface area contributed by atoms with Crippen LogP contribution in [0.15, 0.2) is 24.3 Å². The fourth-order valence-corrected chi connectivity index (χ4v) is 2.38. The van der Waals surface area contributed by atoms with Crippen molar-refractivity contribution in [3.8, 4) is 5.75 Å². The summed E-state index contributed by atoms with van der Waals surface area (Å²) < 4.78 is 7.32. The zero-order chi connectivity index (χ0) is 15.2. The second-order valence-electron chi connectivity index (χ2n) is 5.06. The average Bonchev–Trinajstić information content (AvgIpc) is 2.76. The van der Waals surface area contributed by atoms with Gasteiger partial charge in [0.1, 0.15) is 11.6 Å². The third-order valence-electron chi connectivity index (χ3n) is 3.49. The number of anilines is 2. The van der Waals surface area contributed by atoms with Crippen LogP contribution in [0.1, 0.15) is 24.6 Å². The van der Waals surface area contributed by atoms with Gasteiger partial charge in [-0.25, -0.2) is 4.68 Å². The van der Waals surface area contributed by atoms with Gasteiger partial charge in [-0.2, -0.15) is 5.10 Å². The Balaban J connectivity index is 2.03. The molecule has 0 fully saturated rings. The van der Waals surface area contributed by atoms with Crippen LogP contribution in [-0.2, 0) is 13.0 Å². The Morgan fingerprint density at radius 3 is 2.81 bits per heavy atom. The summed E-state index contributed by atoms with van der Waals surface area (Å²) in [7, 11) is 1.70. The zero-order valence-corrected chi connectivity index (χ0v) is 13.0. The van der Waals surface area contributed by atoms with E-state index in [-0.39, 0.29) is 0 Å². The highest BCUT2D eigenvalue weighted by Crippen LogP contribution is 2.23. The molecule has 3 N–H and O–H groups in total. The molecular weight excluding hydrogens is 264 g/mol. The molecule has 0 amide bonds. The number of aryl methyl sites for hydroxylation is 2. The SMILES string of the molecule is CCCn1nc(C)c(N)c1NCCc1ccccc1OC. The molecule has 2 aromatic rings. The third kappa shape index (κ3) is 3.48. The minimum atomic E-state index is 0.739. The van der Waals surface area contributed by atoms with Crippen molar-refractivity contribution < 1.29 is 4.74 Å². The van der Waals surface area contributed by atoms with Gasteiger partial charge in [-0.15, -0.1) is 0 Å². The summed E-state index contributed by atoms with van der Waals surface area (Å²) in [5, 5.41) is 7.87. The average molecular weight is 288 g/mol. The fourth-order valence-electron chi connectivity index (χ4n) is 2.38. The Labute approximate surface area is 126 Å². The van der Waals surface area contributed by atoms with Crippen molar-refractivity contribution >= 4 is 11.5 Å². The smallest absolute Gasteiger partial charge is 0.148 e. The molecule has 1 heterocycles. The minimum absolute atomic E-state index is 0.739. The van der Waals surface area contributed by atoms with E-state index in [2.05, 4.69) is 23.4 Å².